The van der Waals surface area contributed by atoms with Gasteiger partial charge in [0.2, 0.25) is 0 Å². The highest BCUT2D eigenvalue weighted by molar-refractivity contribution is 7.79. The molecule has 0 aliphatic heterocycles. The zero-order valence-electron chi connectivity index (χ0n) is 6.91. The average molecular weight is 167 g/mol. The Morgan fingerprint density at radius 3 is 2.09 bits per heavy atom. The van der Waals surface area contributed by atoms with Crippen LogP contribution in [-0.4, -0.2) is 14.1 Å². The maximum Gasteiger partial charge on any atom is 0.0361 e. The van der Waals surface area contributed by atoms with Gasteiger partial charge in [-0.2, -0.15) is 12.6 Å². The van der Waals surface area contributed by atoms with Crippen molar-refractivity contribution in [1.82, 2.24) is 0 Å². The van der Waals surface area contributed by atoms with Crippen LogP contribution in [0.5, 0.6) is 0 Å². The number of anilines is 1. The van der Waals surface area contributed by atoms with Crippen LogP contribution < -0.4 is 4.90 Å². The Bertz CT molecular complexity index is 216. The molecule has 0 saturated carbocycles. The molecule has 60 valence electrons. The van der Waals surface area contributed by atoms with Gasteiger partial charge in [0.15, 0.2) is 0 Å². The number of hydrogen-bond donors (Lipinski definition) is 1. The fourth-order valence-corrected chi connectivity index (χ4v) is 1.11. The summed E-state index contributed by atoms with van der Waals surface area (Å²) >= 11 is 4.18. The second-order valence-corrected chi connectivity index (χ2v) is 3.04. The van der Waals surface area contributed by atoms with E-state index in [0.717, 1.165) is 5.75 Å². The molecule has 0 atom stereocenters. The number of rotatable bonds is 2. The summed E-state index contributed by atoms with van der Waals surface area (Å²) in [5, 5.41) is 0. The summed E-state index contributed by atoms with van der Waals surface area (Å²) in [6.45, 7) is 0. The second-order valence-electron chi connectivity index (χ2n) is 2.72. The molecule has 0 spiro atoms. The van der Waals surface area contributed by atoms with E-state index in [-0.39, 0.29) is 0 Å². The molecule has 2 heteroatoms. The molecule has 0 amide bonds. The Balaban J connectivity index is 2.83. The highest BCUT2D eigenvalue weighted by Gasteiger charge is 1.93. The van der Waals surface area contributed by atoms with Crippen molar-refractivity contribution in [2.24, 2.45) is 0 Å². The highest BCUT2D eigenvalue weighted by atomic mass is 32.1. The van der Waals surface area contributed by atoms with Crippen molar-refractivity contribution in [1.29, 1.82) is 0 Å². The number of hydrogen-bond acceptors (Lipinski definition) is 2. The van der Waals surface area contributed by atoms with E-state index in [0.29, 0.717) is 0 Å². The summed E-state index contributed by atoms with van der Waals surface area (Å²) in [5.41, 5.74) is 2.49. The summed E-state index contributed by atoms with van der Waals surface area (Å²) in [5.74, 6) is 0.813. The molecule has 1 aromatic carbocycles. The third kappa shape index (κ3) is 2.15. The smallest absolute Gasteiger partial charge is 0.0361 e. The Kier molecular flexibility index (Phi) is 2.83. The molecule has 0 fully saturated rings. The van der Waals surface area contributed by atoms with Gasteiger partial charge >= 0.3 is 0 Å². The molecule has 0 radical (unpaired) electrons. The fraction of sp³-hybridized carbons (Fsp3) is 0.333. The normalized spacial score (nSPS) is 9.73. The van der Waals surface area contributed by atoms with E-state index >= 15 is 0 Å². The van der Waals surface area contributed by atoms with Gasteiger partial charge in [-0.05, 0) is 17.7 Å². The maximum atomic E-state index is 4.18. The lowest BCUT2D eigenvalue weighted by Gasteiger charge is -2.11. The molecule has 1 nitrogen and oxygen atoms in total. The van der Waals surface area contributed by atoms with Crippen molar-refractivity contribution < 1.29 is 0 Å². The van der Waals surface area contributed by atoms with E-state index in [1.54, 1.807) is 0 Å². The zero-order chi connectivity index (χ0) is 8.27. The van der Waals surface area contributed by atoms with Gasteiger partial charge in [0.05, 0.1) is 0 Å². The SMILES string of the molecule is CN(C)c1ccc(CS)cc1. The number of benzene rings is 1. The zero-order valence-corrected chi connectivity index (χ0v) is 7.81. The third-order valence-electron chi connectivity index (χ3n) is 1.64. The fourth-order valence-electron chi connectivity index (χ4n) is 0.899. The first-order valence-electron chi connectivity index (χ1n) is 3.61. The molecule has 0 unspecified atom stereocenters. The van der Waals surface area contributed by atoms with Crippen LogP contribution in [0.2, 0.25) is 0 Å². The molecule has 0 N–H and O–H groups in total. The highest BCUT2D eigenvalue weighted by Crippen LogP contribution is 2.12. The minimum Gasteiger partial charge on any atom is -0.378 e. The molecular weight excluding hydrogens is 154 g/mol. The molecular formula is C9H13NS. The third-order valence-corrected chi connectivity index (χ3v) is 2.00. The molecule has 0 aliphatic rings. The van der Waals surface area contributed by atoms with Crippen LogP contribution in [-0.2, 0) is 5.75 Å². The van der Waals surface area contributed by atoms with E-state index < -0.39 is 0 Å². The molecule has 0 heterocycles. The van der Waals surface area contributed by atoms with Gasteiger partial charge in [-0.15, -0.1) is 0 Å². The molecule has 0 aliphatic carbocycles. The molecule has 0 aromatic heterocycles. The predicted octanol–water partition coefficient (Wildman–Crippen LogP) is 2.18. The monoisotopic (exact) mass is 167 g/mol. The first kappa shape index (κ1) is 8.47. The Labute approximate surface area is 73.4 Å². The van der Waals surface area contributed by atoms with Gasteiger partial charge in [0, 0.05) is 25.5 Å². The van der Waals surface area contributed by atoms with Crippen molar-refractivity contribution in [2.75, 3.05) is 19.0 Å². The molecule has 1 aromatic rings. The lowest BCUT2D eigenvalue weighted by Crippen LogP contribution is -2.07. The number of nitrogens with zero attached hydrogens (tertiary/aromatic N) is 1. The maximum absolute atomic E-state index is 4.18. The van der Waals surface area contributed by atoms with Crippen LogP contribution in [0.25, 0.3) is 0 Å². The first-order chi connectivity index (χ1) is 5.24. The van der Waals surface area contributed by atoms with Crippen molar-refractivity contribution in [3.63, 3.8) is 0 Å². The van der Waals surface area contributed by atoms with E-state index in [1.165, 1.54) is 11.3 Å². The van der Waals surface area contributed by atoms with Crippen LogP contribution >= 0.6 is 12.6 Å². The summed E-state index contributed by atoms with van der Waals surface area (Å²) in [6.07, 6.45) is 0. The quantitative estimate of drug-likeness (QED) is 0.661. The molecule has 0 saturated heterocycles. The average Bonchev–Trinajstić information content (AvgIpc) is 2.05. The summed E-state index contributed by atoms with van der Waals surface area (Å²) < 4.78 is 0. The molecule has 0 bridgehead atoms. The van der Waals surface area contributed by atoms with Gasteiger partial charge in [-0.3, -0.25) is 0 Å². The standard InChI is InChI=1S/C9H13NS/c1-10(2)9-5-3-8(7-11)4-6-9/h3-6,11H,7H2,1-2H3. The van der Waals surface area contributed by atoms with Gasteiger partial charge in [-0.1, -0.05) is 12.1 Å². The minimum atomic E-state index is 0.813. The van der Waals surface area contributed by atoms with Gasteiger partial charge in [0.25, 0.3) is 0 Å². The lowest BCUT2D eigenvalue weighted by atomic mass is 10.2. The minimum absolute atomic E-state index is 0.813. The van der Waals surface area contributed by atoms with E-state index in [1.807, 2.05) is 14.1 Å². The lowest BCUT2D eigenvalue weighted by molar-refractivity contribution is 1.13. The van der Waals surface area contributed by atoms with Crippen LogP contribution in [0.3, 0.4) is 0 Å². The van der Waals surface area contributed by atoms with Crippen LogP contribution in [0.15, 0.2) is 24.3 Å². The Hall–Kier alpha value is -0.630. The van der Waals surface area contributed by atoms with Gasteiger partial charge < -0.3 is 4.90 Å². The summed E-state index contributed by atoms with van der Waals surface area (Å²) in [4.78, 5) is 2.09. The van der Waals surface area contributed by atoms with E-state index in [2.05, 4.69) is 41.8 Å². The first-order valence-corrected chi connectivity index (χ1v) is 4.24. The topological polar surface area (TPSA) is 3.24 Å². The van der Waals surface area contributed by atoms with Crippen molar-refractivity contribution in [2.45, 2.75) is 5.75 Å². The van der Waals surface area contributed by atoms with Gasteiger partial charge in [0.1, 0.15) is 0 Å². The van der Waals surface area contributed by atoms with Gasteiger partial charge in [-0.25, -0.2) is 0 Å². The summed E-state index contributed by atoms with van der Waals surface area (Å²) in [6, 6.07) is 8.40. The van der Waals surface area contributed by atoms with Crippen molar-refractivity contribution in [3.05, 3.63) is 29.8 Å². The van der Waals surface area contributed by atoms with Crippen molar-refractivity contribution >= 4 is 18.3 Å². The largest absolute Gasteiger partial charge is 0.378 e. The molecule has 11 heavy (non-hydrogen) atoms. The van der Waals surface area contributed by atoms with Crippen LogP contribution in [0.1, 0.15) is 5.56 Å². The second kappa shape index (κ2) is 3.67. The van der Waals surface area contributed by atoms with Crippen LogP contribution in [0, 0.1) is 0 Å². The predicted molar refractivity (Wildman–Crippen MR) is 53.5 cm³/mol. The Morgan fingerprint density at radius 2 is 1.73 bits per heavy atom. The Morgan fingerprint density at radius 1 is 1.18 bits per heavy atom. The summed E-state index contributed by atoms with van der Waals surface area (Å²) in [7, 11) is 4.07. The van der Waals surface area contributed by atoms with E-state index in [4.69, 9.17) is 0 Å². The van der Waals surface area contributed by atoms with E-state index in [9.17, 15) is 0 Å². The van der Waals surface area contributed by atoms with Crippen molar-refractivity contribution in [3.8, 4) is 0 Å². The van der Waals surface area contributed by atoms with Crippen LogP contribution in [0.4, 0.5) is 5.69 Å². The number of thiol groups is 1. The molecule has 1 rings (SSSR count).